The largest absolute Gasteiger partial charge is 0.504 e. The van der Waals surface area contributed by atoms with Crippen LogP contribution in [-0.2, 0) is 4.79 Å². The summed E-state index contributed by atoms with van der Waals surface area (Å²) in [4.78, 5) is 16.1. The fraction of sp³-hybridized carbons (Fsp3) is 0.238. The van der Waals surface area contributed by atoms with Crippen LogP contribution >= 0.6 is 0 Å². The molecule has 0 fully saturated rings. The van der Waals surface area contributed by atoms with E-state index in [1.807, 2.05) is 32.0 Å². The van der Waals surface area contributed by atoms with Gasteiger partial charge in [-0.2, -0.15) is 0 Å². The molecule has 0 saturated carbocycles. The zero-order chi connectivity index (χ0) is 19.6. The second-order valence-corrected chi connectivity index (χ2v) is 6.53. The van der Waals surface area contributed by atoms with E-state index in [0.29, 0.717) is 28.0 Å². The lowest BCUT2D eigenvalue weighted by atomic mass is 10.1. The van der Waals surface area contributed by atoms with Crippen LogP contribution in [0.4, 0.5) is 0 Å². The number of carboxylic acid groups (broad SMARTS) is 1. The van der Waals surface area contributed by atoms with Crippen LogP contribution in [0.5, 0.6) is 11.5 Å². The van der Waals surface area contributed by atoms with Gasteiger partial charge < -0.3 is 19.4 Å². The second-order valence-electron chi connectivity index (χ2n) is 6.53. The standard InChI is InChI=1S/C21H21NO5/c1-12(2)20(21(24)25)22-15-11-18(27-17-7-5-4-6-14(15)17)13-8-9-16(23)19(10-13)26-3/h4-12,20,23H,1-3H3,(H,24,25)/t20-/m0/s1. The number of nitrogens with zero attached hydrogens (tertiary/aromatic N) is 1. The van der Waals surface area contributed by atoms with E-state index in [9.17, 15) is 15.0 Å². The molecular weight excluding hydrogens is 346 g/mol. The van der Waals surface area contributed by atoms with Crippen molar-refractivity contribution in [2.75, 3.05) is 7.11 Å². The Balaban J connectivity index is 2.27. The Morgan fingerprint density at radius 3 is 2.56 bits per heavy atom. The van der Waals surface area contributed by atoms with Crippen molar-refractivity contribution in [2.24, 2.45) is 10.9 Å². The summed E-state index contributed by atoms with van der Waals surface area (Å²) in [5, 5.41) is 20.6. The normalized spacial score (nSPS) is 13.1. The quantitative estimate of drug-likeness (QED) is 0.715. The van der Waals surface area contributed by atoms with Crippen LogP contribution in [0.3, 0.4) is 0 Å². The zero-order valence-electron chi connectivity index (χ0n) is 15.3. The number of benzene rings is 2. The maximum atomic E-state index is 11.6. The van der Waals surface area contributed by atoms with Gasteiger partial charge in [-0.05, 0) is 36.2 Å². The summed E-state index contributed by atoms with van der Waals surface area (Å²) in [5.74, 6) is -0.283. The molecule has 2 N–H and O–H groups in total. The number of hydrogen-bond acceptors (Lipinski definition) is 5. The van der Waals surface area contributed by atoms with Gasteiger partial charge in [-0.3, -0.25) is 4.99 Å². The first-order chi connectivity index (χ1) is 12.9. The lowest BCUT2D eigenvalue weighted by molar-refractivity contribution is -0.139. The van der Waals surface area contributed by atoms with Gasteiger partial charge >= 0.3 is 5.97 Å². The molecule has 0 aliphatic heterocycles. The van der Waals surface area contributed by atoms with Crippen LogP contribution in [-0.4, -0.2) is 29.3 Å². The number of hydrogen-bond donors (Lipinski definition) is 2. The summed E-state index contributed by atoms with van der Waals surface area (Å²) in [5.41, 5.74) is 1.27. The number of aliphatic carboxylic acids is 1. The highest BCUT2D eigenvalue weighted by Gasteiger charge is 2.20. The predicted molar refractivity (Wildman–Crippen MR) is 102 cm³/mol. The molecule has 3 aromatic rings. The molecule has 27 heavy (non-hydrogen) atoms. The molecular formula is C21H21NO5. The van der Waals surface area contributed by atoms with Gasteiger partial charge in [0.25, 0.3) is 0 Å². The molecule has 1 heterocycles. The van der Waals surface area contributed by atoms with Crippen LogP contribution in [0, 0.1) is 5.92 Å². The molecule has 3 rings (SSSR count). The summed E-state index contributed by atoms with van der Waals surface area (Å²) in [6.07, 6.45) is 0. The molecule has 0 saturated heterocycles. The number of rotatable bonds is 5. The Hall–Kier alpha value is -3.28. The maximum Gasteiger partial charge on any atom is 0.328 e. The summed E-state index contributed by atoms with van der Waals surface area (Å²) in [6, 6.07) is 13.1. The first kappa shape index (κ1) is 18.5. The Kier molecular flexibility index (Phi) is 5.16. The first-order valence-corrected chi connectivity index (χ1v) is 8.57. The molecule has 0 radical (unpaired) electrons. The van der Waals surface area contributed by atoms with Crippen molar-refractivity contribution in [1.82, 2.24) is 0 Å². The second kappa shape index (κ2) is 7.53. The number of aromatic hydroxyl groups is 1. The number of carbonyl (C=O) groups is 1. The van der Waals surface area contributed by atoms with Gasteiger partial charge in [0.2, 0.25) is 0 Å². The molecule has 0 aliphatic rings. The molecule has 0 spiro atoms. The summed E-state index contributed by atoms with van der Waals surface area (Å²) in [7, 11) is 1.47. The van der Waals surface area contributed by atoms with E-state index in [1.165, 1.54) is 13.2 Å². The van der Waals surface area contributed by atoms with Gasteiger partial charge in [0.15, 0.2) is 11.5 Å². The third-order valence-electron chi connectivity index (χ3n) is 4.28. The smallest absolute Gasteiger partial charge is 0.328 e. The van der Waals surface area contributed by atoms with E-state index in [4.69, 9.17) is 9.15 Å². The summed E-state index contributed by atoms with van der Waals surface area (Å²) >= 11 is 0. The zero-order valence-corrected chi connectivity index (χ0v) is 15.3. The lowest BCUT2D eigenvalue weighted by Gasteiger charge is -2.12. The van der Waals surface area contributed by atoms with Crippen molar-refractivity contribution in [3.8, 4) is 22.8 Å². The van der Waals surface area contributed by atoms with Gasteiger partial charge in [0, 0.05) is 17.0 Å². The third-order valence-corrected chi connectivity index (χ3v) is 4.28. The first-order valence-electron chi connectivity index (χ1n) is 8.57. The molecule has 0 bridgehead atoms. The number of carboxylic acids is 1. The lowest BCUT2D eigenvalue weighted by Crippen LogP contribution is -2.26. The van der Waals surface area contributed by atoms with Crippen LogP contribution in [0.2, 0.25) is 0 Å². The van der Waals surface area contributed by atoms with Crippen molar-refractivity contribution < 1.29 is 24.2 Å². The van der Waals surface area contributed by atoms with E-state index < -0.39 is 12.0 Å². The van der Waals surface area contributed by atoms with Crippen LogP contribution < -0.4 is 10.1 Å². The fourth-order valence-corrected chi connectivity index (χ4v) is 2.84. The van der Waals surface area contributed by atoms with Gasteiger partial charge in [0.05, 0.1) is 12.5 Å². The average Bonchev–Trinajstić information content (AvgIpc) is 2.65. The van der Waals surface area contributed by atoms with E-state index in [2.05, 4.69) is 4.99 Å². The Labute approximate surface area is 156 Å². The van der Waals surface area contributed by atoms with Crippen molar-refractivity contribution in [1.29, 1.82) is 0 Å². The number of fused-ring (bicyclic) bond motifs is 1. The van der Waals surface area contributed by atoms with Gasteiger partial charge in [-0.1, -0.05) is 26.0 Å². The van der Waals surface area contributed by atoms with Crippen molar-refractivity contribution >= 4 is 16.9 Å². The van der Waals surface area contributed by atoms with Crippen molar-refractivity contribution in [3.63, 3.8) is 0 Å². The number of phenols is 1. The molecule has 2 aromatic carbocycles. The van der Waals surface area contributed by atoms with Crippen LogP contribution in [0.25, 0.3) is 22.3 Å². The minimum Gasteiger partial charge on any atom is -0.504 e. The van der Waals surface area contributed by atoms with E-state index in [0.717, 1.165) is 5.39 Å². The number of phenolic OH excluding ortho intramolecular Hbond substituents is 1. The number of ether oxygens (including phenoxy) is 1. The van der Waals surface area contributed by atoms with Crippen LogP contribution in [0.15, 0.2) is 57.9 Å². The minimum absolute atomic E-state index is 0.0256. The predicted octanol–water partition coefficient (Wildman–Crippen LogP) is 3.82. The molecule has 6 heteroatoms. The van der Waals surface area contributed by atoms with Crippen molar-refractivity contribution in [3.05, 3.63) is 53.9 Å². The van der Waals surface area contributed by atoms with Gasteiger partial charge in [0.1, 0.15) is 17.4 Å². The summed E-state index contributed by atoms with van der Waals surface area (Å²) < 4.78 is 11.1. The Morgan fingerprint density at radius 2 is 1.89 bits per heavy atom. The maximum absolute atomic E-state index is 11.6. The molecule has 1 aromatic heterocycles. The molecule has 140 valence electrons. The van der Waals surface area contributed by atoms with Gasteiger partial charge in [-0.25, -0.2) is 4.79 Å². The van der Waals surface area contributed by atoms with Crippen LogP contribution in [0.1, 0.15) is 13.8 Å². The van der Waals surface area contributed by atoms with E-state index >= 15 is 0 Å². The van der Waals surface area contributed by atoms with Crippen molar-refractivity contribution in [2.45, 2.75) is 19.9 Å². The fourth-order valence-electron chi connectivity index (χ4n) is 2.84. The topological polar surface area (TPSA) is 92.3 Å². The number of para-hydroxylation sites is 1. The molecule has 0 amide bonds. The number of methoxy groups -OCH3 is 1. The Morgan fingerprint density at radius 1 is 1.15 bits per heavy atom. The Bertz CT molecular complexity index is 1050. The molecule has 6 nitrogen and oxygen atoms in total. The molecule has 0 unspecified atom stereocenters. The summed E-state index contributed by atoms with van der Waals surface area (Å²) in [6.45, 7) is 3.65. The van der Waals surface area contributed by atoms with Gasteiger partial charge in [-0.15, -0.1) is 0 Å². The minimum atomic E-state index is -0.970. The van der Waals surface area contributed by atoms with E-state index in [-0.39, 0.29) is 11.7 Å². The molecule has 0 aliphatic carbocycles. The third kappa shape index (κ3) is 3.79. The molecule has 1 atom stereocenters. The highest BCUT2D eigenvalue weighted by molar-refractivity contribution is 5.79. The highest BCUT2D eigenvalue weighted by Crippen LogP contribution is 2.32. The van der Waals surface area contributed by atoms with E-state index in [1.54, 1.807) is 24.3 Å². The average molecular weight is 367 g/mol. The highest BCUT2D eigenvalue weighted by atomic mass is 16.5. The SMILES string of the molecule is COc1cc(-c2cc(=N[C@H](C(=O)O)C(C)C)c3ccccc3o2)ccc1O. The monoisotopic (exact) mass is 367 g/mol.